The summed E-state index contributed by atoms with van der Waals surface area (Å²) in [5.74, 6) is -0.168. The van der Waals surface area contributed by atoms with Gasteiger partial charge in [-0.15, -0.1) is 11.3 Å². The zero-order valence-electron chi connectivity index (χ0n) is 13.5. The molecule has 4 rings (SSSR count). The van der Waals surface area contributed by atoms with Crippen LogP contribution >= 0.6 is 34.9 Å². The van der Waals surface area contributed by atoms with E-state index in [9.17, 15) is 4.39 Å². The van der Waals surface area contributed by atoms with Crippen molar-refractivity contribution in [1.82, 2.24) is 15.3 Å². The lowest BCUT2D eigenvalue weighted by atomic mass is 10.0. The molecular formula is C17H10ClFN6S2. The number of nitrogens with one attached hydrogen (secondary N) is 2. The molecule has 27 heavy (non-hydrogen) atoms. The summed E-state index contributed by atoms with van der Waals surface area (Å²) in [5, 5.41) is 16.0. The minimum absolute atomic E-state index is 0.0264. The van der Waals surface area contributed by atoms with E-state index in [1.54, 1.807) is 12.3 Å². The lowest BCUT2D eigenvalue weighted by molar-refractivity contribution is 0.585. The van der Waals surface area contributed by atoms with E-state index in [2.05, 4.69) is 31.1 Å². The normalized spacial score (nSPS) is 12.6. The third-order valence-corrected chi connectivity index (χ3v) is 5.78. The highest BCUT2D eigenvalue weighted by Crippen LogP contribution is 2.41. The van der Waals surface area contributed by atoms with Crippen molar-refractivity contribution in [1.29, 1.82) is 5.26 Å². The van der Waals surface area contributed by atoms with E-state index in [-0.39, 0.29) is 5.02 Å². The van der Waals surface area contributed by atoms with Gasteiger partial charge < -0.3 is 10.6 Å². The first-order valence-corrected chi connectivity index (χ1v) is 9.66. The molecule has 10 heteroatoms. The minimum Gasteiger partial charge on any atom is -0.349 e. The van der Waals surface area contributed by atoms with Crippen LogP contribution in [0.25, 0.3) is 11.1 Å². The summed E-state index contributed by atoms with van der Waals surface area (Å²) >= 11 is 8.73. The first-order valence-electron chi connectivity index (χ1n) is 7.70. The number of rotatable bonds is 3. The Labute approximate surface area is 167 Å². The van der Waals surface area contributed by atoms with E-state index >= 15 is 0 Å². The zero-order chi connectivity index (χ0) is 18.8. The summed E-state index contributed by atoms with van der Waals surface area (Å²) in [7, 11) is 0. The molecule has 0 amide bonds. The molecule has 2 aromatic heterocycles. The lowest BCUT2D eigenvalue weighted by Crippen LogP contribution is -2.31. The second-order valence-corrected chi connectivity index (χ2v) is 7.68. The average molecular weight is 417 g/mol. The molecule has 0 unspecified atom stereocenters. The van der Waals surface area contributed by atoms with Gasteiger partial charge in [0.2, 0.25) is 11.9 Å². The SMILES string of the molecule is N#Cc1cnc(CNC2=NSc3cccc(-c4ccnc(F)c4Cl)c3N2)s1. The minimum atomic E-state index is -0.709. The summed E-state index contributed by atoms with van der Waals surface area (Å²) in [6.07, 6.45) is 2.92. The number of aromatic nitrogens is 2. The smallest absolute Gasteiger partial charge is 0.232 e. The van der Waals surface area contributed by atoms with Gasteiger partial charge >= 0.3 is 0 Å². The van der Waals surface area contributed by atoms with Crippen molar-refractivity contribution in [2.24, 2.45) is 4.40 Å². The standard InChI is InChI=1S/C17H10ClFN6S2/c18-14-10(4-5-21-16(14)19)11-2-1-3-12-15(11)24-17(25-27-12)23-8-13-22-7-9(6-20)26-13/h1-5,7H,8H2,(H2,23,24,25). The van der Waals surface area contributed by atoms with Crippen molar-refractivity contribution < 1.29 is 4.39 Å². The molecule has 1 aliphatic heterocycles. The van der Waals surface area contributed by atoms with Crippen LogP contribution in [0.2, 0.25) is 5.02 Å². The molecular weight excluding hydrogens is 407 g/mol. The van der Waals surface area contributed by atoms with Crippen molar-refractivity contribution >= 4 is 46.5 Å². The fraction of sp³-hybridized carbons (Fsp3) is 0.0588. The Morgan fingerprint density at radius 3 is 2.96 bits per heavy atom. The number of hydrogen-bond acceptors (Lipinski definition) is 8. The molecule has 2 N–H and O–H groups in total. The fourth-order valence-electron chi connectivity index (χ4n) is 2.50. The maximum atomic E-state index is 13.8. The van der Waals surface area contributed by atoms with Crippen molar-refractivity contribution in [2.75, 3.05) is 5.32 Å². The van der Waals surface area contributed by atoms with Gasteiger partial charge in [0.15, 0.2) is 0 Å². The Kier molecular flexibility index (Phi) is 4.94. The first-order chi connectivity index (χ1) is 13.2. The molecule has 0 atom stereocenters. The highest BCUT2D eigenvalue weighted by atomic mass is 35.5. The van der Waals surface area contributed by atoms with Crippen LogP contribution in [0.1, 0.15) is 9.88 Å². The number of thiazole rings is 1. The Morgan fingerprint density at radius 2 is 2.15 bits per heavy atom. The van der Waals surface area contributed by atoms with Crippen LogP contribution in [0, 0.1) is 17.3 Å². The molecule has 1 aromatic carbocycles. The Hall–Kier alpha value is -2.67. The largest absolute Gasteiger partial charge is 0.349 e. The fourth-order valence-corrected chi connectivity index (χ4v) is 4.06. The number of hydrogen-bond donors (Lipinski definition) is 2. The Bertz CT molecular complexity index is 1090. The lowest BCUT2D eigenvalue weighted by Gasteiger charge is -2.21. The molecule has 0 saturated heterocycles. The molecule has 0 radical (unpaired) electrons. The highest BCUT2D eigenvalue weighted by Gasteiger charge is 2.20. The van der Waals surface area contributed by atoms with Crippen molar-refractivity contribution in [3.05, 3.63) is 57.5 Å². The molecule has 3 heterocycles. The van der Waals surface area contributed by atoms with Gasteiger partial charge in [-0.25, -0.2) is 9.97 Å². The van der Waals surface area contributed by atoms with Crippen LogP contribution in [0.4, 0.5) is 10.1 Å². The van der Waals surface area contributed by atoms with Crippen molar-refractivity contribution in [3.8, 4) is 17.2 Å². The first kappa shape index (κ1) is 17.7. The molecule has 0 bridgehead atoms. The molecule has 6 nitrogen and oxygen atoms in total. The van der Waals surface area contributed by atoms with Gasteiger partial charge in [0.05, 0.1) is 23.3 Å². The average Bonchev–Trinajstić information content (AvgIpc) is 3.16. The monoisotopic (exact) mass is 416 g/mol. The molecule has 0 fully saturated rings. The van der Waals surface area contributed by atoms with Gasteiger partial charge in [-0.3, -0.25) is 0 Å². The van der Waals surface area contributed by atoms with Gasteiger partial charge in [-0.05, 0) is 12.1 Å². The van der Waals surface area contributed by atoms with Gasteiger partial charge in [-0.1, -0.05) is 23.7 Å². The number of halogens is 2. The van der Waals surface area contributed by atoms with Crippen LogP contribution in [0.15, 0.2) is 46.0 Å². The number of anilines is 1. The van der Waals surface area contributed by atoms with Crippen molar-refractivity contribution in [3.63, 3.8) is 0 Å². The topological polar surface area (TPSA) is 86.0 Å². The van der Waals surface area contributed by atoms with Crippen molar-refractivity contribution in [2.45, 2.75) is 11.4 Å². The summed E-state index contributed by atoms with van der Waals surface area (Å²) < 4.78 is 18.2. The third-order valence-electron chi connectivity index (χ3n) is 3.71. The van der Waals surface area contributed by atoms with Gasteiger partial charge in [0, 0.05) is 29.3 Å². The molecule has 0 saturated carbocycles. The second-order valence-electron chi connectivity index (χ2n) is 5.38. The zero-order valence-corrected chi connectivity index (χ0v) is 15.9. The molecule has 0 spiro atoms. The van der Waals surface area contributed by atoms with E-state index in [1.807, 2.05) is 18.2 Å². The Morgan fingerprint density at radius 1 is 1.26 bits per heavy atom. The number of pyridine rings is 1. The number of fused-ring (bicyclic) bond motifs is 1. The summed E-state index contributed by atoms with van der Waals surface area (Å²) in [6.45, 7) is 0.431. The molecule has 1 aliphatic rings. The van der Waals surface area contributed by atoms with Crippen LogP contribution in [-0.2, 0) is 6.54 Å². The highest BCUT2D eigenvalue weighted by molar-refractivity contribution is 7.98. The molecule has 0 aliphatic carbocycles. The number of benzene rings is 1. The maximum Gasteiger partial charge on any atom is 0.232 e. The van der Waals surface area contributed by atoms with Crippen LogP contribution in [0.3, 0.4) is 0 Å². The van der Waals surface area contributed by atoms with E-state index in [0.717, 1.165) is 21.2 Å². The predicted octanol–water partition coefficient (Wildman–Crippen LogP) is 4.45. The third kappa shape index (κ3) is 3.60. The predicted molar refractivity (Wildman–Crippen MR) is 105 cm³/mol. The van der Waals surface area contributed by atoms with Gasteiger partial charge in [-0.2, -0.15) is 14.1 Å². The number of nitrogens with zero attached hydrogens (tertiary/aromatic N) is 4. The molecule has 3 aromatic rings. The van der Waals surface area contributed by atoms with Crippen LogP contribution in [0.5, 0.6) is 0 Å². The summed E-state index contributed by atoms with van der Waals surface area (Å²) in [4.78, 5) is 9.21. The second kappa shape index (κ2) is 7.52. The number of nitriles is 1. The number of para-hydroxylation sites is 1. The van der Waals surface area contributed by atoms with Gasteiger partial charge in [0.1, 0.15) is 21.0 Å². The van der Waals surface area contributed by atoms with E-state index in [4.69, 9.17) is 16.9 Å². The van der Waals surface area contributed by atoms with Crippen LogP contribution in [-0.4, -0.2) is 15.9 Å². The Balaban J connectivity index is 1.58. The molecule has 134 valence electrons. The van der Waals surface area contributed by atoms with E-state index in [1.165, 1.54) is 29.5 Å². The quantitative estimate of drug-likeness (QED) is 0.484. The van der Waals surface area contributed by atoms with Gasteiger partial charge in [0.25, 0.3) is 0 Å². The van der Waals surface area contributed by atoms with Crippen LogP contribution < -0.4 is 10.6 Å². The summed E-state index contributed by atoms with van der Waals surface area (Å²) in [5.41, 5.74) is 2.08. The van der Waals surface area contributed by atoms with E-state index < -0.39 is 5.95 Å². The maximum absolute atomic E-state index is 13.8. The number of guanidine groups is 1. The summed E-state index contributed by atoms with van der Waals surface area (Å²) in [6, 6.07) is 9.38. The van der Waals surface area contributed by atoms with E-state index in [0.29, 0.717) is 22.9 Å².